The molecule has 6 rings (SSSR count). The number of nitrogens with zero attached hydrogens (tertiary/aromatic N) is 3. The van der Waals surface area contributed by atoms with Gasteiger partial charge in [-0.25, -0.2) is 0 Å². The van der Waals surface area contributed by atoms with Crippen molar-refractivity contribution in [3.05, 3.63) is 126 Å². The molecule has 0 bridgehead atoms. The third-order valence-electron chi connectivity index (χ3n) is 9.31. The van der Waals surface area contributed by atoms with Crippen LogP contribution < -0.4 is 70.9 Å². The summed E-state index contributed by atoms with van der Waals surface area (Å²) in [4.78, 5) is 29.6. The smallest absolute Gasteiger partial charge is 0.550 e. The van der Waals surface area contributed by atoms with E-state index >= 15 is 0 Å². The largest absolute Gasteiger partial charge is 1.00 e. The molecule has 1 atom stereocenters. The van der Waals surface area contributed by atoms with Gasteiger partial charge in [-0.15, -0.1) is 0 Å². The molecule has 0 aliphatic carbocycles. The van der Waals surface area contributed by atoms with Crippen LogP contribution in [0.15, 0.2) is 103 Å². The van der Waals surface area contributed by atoms with Crippen LogP contribution in [0.1, 0.15) is 66.3 Å². The number of piperazine rings is 1. The number of ketones is 1. The van der Waals surface area contributed by atoms with E-state index in [0.717, 1.165) is 67.0 Å². The molecule has 0 amide bonds. The summed E-state index contributed by atoms with van der Waals surface area (Å²) in [5.74, 6) is 0.495. The number of carboxylic acids is 1. The van der Waals surface area contributed by atoms with E-state index in [1.165, 1.54) is 5.56 Å². The molecule has 1 aromatic heterocycles. The van der Waals surface area contributed by atoms with Crippen LogP contribution in [0.3, 0.4) is 0 Å². The van der Waals surface area contributed by atoms with Crippen molar-refractivity contribution in [1.82, 2.24) is 9.47 Å². The van der Waals surface area contributed by atoms with Crippen molar-refractivity contribution in [2.45, 2.75) is 58.8 Å². The van der Waals surface area contributed by atoms with E-state index in [9.17, 15) is 14.7 Å². The predicted molar refractivity (Wildman–Crippen MR) is 196 cm³/mol. The van der Waals surface area contributed by atoms with Gasteiger partial charge in [-0.3, -0.25) is 9.69 Å². The second kappa shape index (κ2) is 18.4. The molecule has 4 aromatic carbocycles. The van der Waals surface area contributed by atoms with Gasteiger partial charge in [-0.2, -0.15) is 0 Å². The second-order valence-corrected chi connectivity index (χ2v) is 13.4. The molecule has 8 nitrogen and oxygen atoms in total. The van der Waals surface area contributed by atoms with Crippen molar-refractivity contribution in [2.24, 2.45) is 0 Å². The van der Waals surface area contributed by atoms with E-state index in [2.05, 4.69) is 73.0 Å². The fraction of sp³-hybridized carbons (Fsp3) is 0.333. The van der Waals surface area contributed by atoms with Gasteiger partial charge < -0.3 is 28.8 Å². The van der Waals surface area contributed by atoms with Gasteiger partial charge >= 0.3 is 51.4 Å². The van der Waals surface area contributed by atoms with E-state index < -0.39 is 5.97 Å². The summed E-state index contributed by atoms with van der Waals surface area (Å²) < 4.78 is 14.7. The van der Waals surface area contributed by atoms with Crippen LogP contribution in [0.2, 0.25) is 0 Å². The van der Waals surface area contributed by atoms with Crippen LogP contribution >= 0.6 is 0 Å². The Labute approximate surface area is 343 Å². The summed E-state index contributed by atoms with van der Waals surface area (Å²) >= 11 is 0. The maximum absolute atomic E-state index is 13.7. The minimum Gasteiger partial charge on any atom is -0.550 e. The fourth-order valence-electron chi connectivity index (χ4n) is 6.67. The predicted octanol–water partition coefficient (Wildman–Crippen LogP) is 3.83. The van der Waals surface area contributed by atoms with E-state index in [1.807, 2.05) is 65.4 Å². The number of rotatable bonds is 15. The molecule has 0 N–H and O–H groups in total. The number of carboxylic acid groups (broad SMARTS) is 1. The maximum Gasteiger partial charge on any atom is 1.00 e. The minimum absolute atomic E-state index is 0. The number of benzene rings is 4. The third-order valence-corrected chi connectivity index (χ3v) is 9.31. The first-order chi connectivity index (χ1) is 24.2. The number of carbonyl (C=O) groups excluding carboxylic acids is 2. The Morgan fingerprint density at radius 3 is 2.20 bits per heavy atom. The maximum atomic E-state index is 13.7. The molecule has 0 saturated carbocycles. The molecule has 1 unspecified atom stereocenters. The molecule has 260 valence electrons. The minimum atomic E-state index is -1.07. The van der Waals surface area contributed by atoms with Crippen molar-refractivity contribution >= 4 is 28.3 Å². The quantitative estimate of drug-likeness (QED) is 0.121. The topological polar surface area (TPSA) is 87.1 Å². The Balaban J connectivity index is 0.00000504. The van der Waals surface area contributed by atoms with E-state index in [4.69, 9.17) is 9.47 Å². The number of para-hydroxylation sites is 3. The van der Waals surface area contributed by atoms with E-state index in [0.29, 0.717) is 29.8 Å². The van der Waals surface area contributed by atoms with Crippen molar-refractivity contribution in [2.75, 3.05) is 37.6 Å². The van der Waals surface area contributed by atoms with E-state index in [-0.39, 0.29) is 75.8 Å². The summed E-state index contributed by atoms with van der Waals surface area (Å²) in [5.41, 5.74) is 5.55. The molecule has 0 spiro atoms. The van der Waals surface area contributed by atoms with Crippen LogP contribution in [-0.2, 0) is 11.3 Å². The standard InChI is InChI=1S/C42H47N3O5.K/c1-30(2)49-40-12-7-6-11-38(40)44-27-25-43(26-28-44)24-22-39(32-16-14-31(3)15-17-32)50-34-20-18-33(19-21-34)42(48)36-29-45(23-8-13-41(46)47)37-10-5-4-9-35(36)37;/h4-7,9-12,14-21,29-30,39H,8,13,22-28H2,1-3H3,(H,46,47);/q;+1/p-1. The zero-order chi connectivity index (χ0) is 35.0. The average molecular weight is 712 g/mol. The Hall–Kier alpha value is -3.44. The van der Waals surface area contributed by atoms with Crippen LogP contribution in [0.4, 0.5) is 5.69 Å². The molecular weight excluding hydrogens is 666 g/mol. The first kappa shape index (κ1) is 38.8. The van der Waals surface area contributed by atoms with Gasteiger partial charge in [-0.05, 0) is 81.6 Å². The first-order valence-corrected chi connectivity index (χ1v) is 17.6. The van der Waals surface area contributed by atoms with Gasteiger partial charge in [0.05, 0.1) is 11.8 Å². The molecule has 1 saturated heterocycles. The molecule has 2 heterocycles. The zero-order valence-corrected chi connectivity index (χ0v) is 33.3. The van der Waals surface area contributed by atoms with Crippen molar-refractivity contribution in [3.63, 3.8) is 0 Å². The molecule has 51 heavy (non-hydrogen) atoms. The summed E-state index contributed by atoms with van der Waals surface area (Å²) in [6.45, 7) is 11.4. The second-order valence-electron chi connectivity index (χ2n) is 13.4. The number of hydrogen-bond donors (Lipinski definition) is 0. The van der Waals surface area contributed by atoms with Gasteiger partial charge in [-0.1, -0.05) is 60.2 Å². The number of aromatic nitrogens is 1. The Bertz CT molecular complexity index is 1900. The molecule has 9 heteroatoms. The zero-order valence-electron chi connectivity index (χ0n) is 30.2. The fourth-order valence-corrected chi connectivity index (χ4v) is 6.67. The third kappa shape index (κ3) is 10.1. The number of carbonyl (C=O) groups is 2. The van der Waals surface area contributed by atoms with Gasteiger partial charge in [0.25, 0.3) is 0 Å². The van der Waals surface area contributed by atoms with Gasteiger partial charge in [0.1, 0.15) is 17.6 Å². The average Bonchev–Trinajstić information content (AvgIpc) is 3.49. The van der Waals surface area contributed by atoms with Crippen molar-refractivity contribution in [1.29, 1.82) is 0 Å². The van der Waals surface area contributed by atoms with Crippen LogP contribution in [0.5, 0.6) is 11.5 Å². The summed E-state index contributed by atoms with van der Waals surface area (Å²) in [6, 6.07) is 32.0. The number of anilines is 1. The Morgan fingerprint density at radius 2 is 1.49 bits per heavy atom. The normalized spacial score (nSPS) is 13.9. The van der Waals surface area contributed by atoms with Crippen molar-refractivity contribution < 1.29 is 75.6 Å². The summed E-state index contributed by atoms with van der Waals surface area (Å²) in [7, 11) is 0. The molecule has 0 radical (unpaired) electrons. The van der Waals surface area contributed by atoms with Crippen LogP contribution in [0, 0.1) is 6.92 Å². The van der Waals surface area contributed by atoms with Gasteiger partial charge in [0.2, 0.25) is 0 Å². The number of ether oxygens (including phenoxy) is 2. The summed E-state index contributed by atoms with van der Waals surface area (Å²) in [5, 5.41) is 11.8. The van der Waals surface area contributed by atoms with Gasteiger partial charge in [0, 0.05) is 79.9 Å². The van der Waals surface area contributed by atoms with Crippen molar-refractivity contribution in [3.8, 4) is 11.5 Å². The number of fused-ring (bicyclic) bond motifs is 1. The number of aryl methyl sites for hydroxylation is 2. The summed E-state index contributed by atoms with van der Waals surface area (Å²) in [6.07, 6.45) is 3.05. The number of hydrogen-bond acceptors (Lipinski definition) is 7. The Kier molecular flexibility index (Phi) is 14.0. The molecule has 1 aliphatic heterocycles. The molecule has 5 aromatic rings. The molecular formula is C42H46KN3O5. The first-order valence-electron chi connectivity index (χ1n) is 17.6. The van der Waals surface area contributed by atoms with Gasteiger partial charge in [0.15, 0.2) is 5.78 Å². The SMILES string of the molecule is Cc1ccc(C(CCN2CCN(c3ccccc3OC(C)C)CC2)Oc2ccc(C(=O)c3cn(CCCC(=O)[O-])c4ccccc34)cc2)cc1.[K+]. The molecule has 1 fully saturated rings. The Morgan fingerprint density at radius 1 is 0.804 bits per heavy atom. The monoisotopic (exact) mass is 711 g/mol. The molecule has 1 aliphatic rings. The number of aliphatic carboxylic acids is 1. The van der Waals surface area contributed by atoms with Crippen LogP contribution in [0.25, 0.3) is 10.9 Å². The van der Waals surface area contributed by atoms with E-state index in [1.54, 1.807) is 0 Å². The van der Waals surface area contributed by atoms with Crippen LogP contribution in [-0.4, -0.2) is 60.0 Å².